The first-order chi connectivity index (χ1) is 9.97. The first-order valence-electron chi connectivity index (χ1n) is 7.86. The lowest BCUT2D eigenvalue weighted by molar-refractivity contribution is -0.117. The Morgan fingerprint density at radius 3 is 2.76 bits per heavy atom. The van der Waals surface area contributed by atoms with Crippen LogP contribution in [0.5, 0.6) is 0 Å². The van der Waals surface area contributed by atoms with Gasteiger partial charge in [-0.25, -0.2) is 0 Å². The van der Waals surface area contributed by atoms with Crippen molar-refractivity contribution in [2.24, 2.45) is 5.92 Å². The number of hydrogen-bond acceptors (Lipinski definition) is 3. The number of anilines is 2. The molecule has 0 spiro atoms. The van der Waals surface area contributed by atoms with Gasteiger partial charge in [0.15, 0.2) is 0 Å². The normalized spacial score (nSPS) is 14.7. The highest BCUT2D eigenvalue weighted by Gasteiger charge is 2.30. The van der Waals surface area contributed by atoms with E-state index >= 15 is 0 Å². The minimum Gasteiger partial charge on any atom is -0.398 e. The zero-order chi connectivity index (χ0) is 15.4. The maximum absolute atomic E-state index is 12.3. The van der Waals surface area contributed by atoms with Crippen LogP contribution in [0.15, 0.2) is 18.2 Å². The van der Waals surface area contributed by atoms with Gasteiger partial charge in [-0.2, -0.15) is 0 Å². The maximum Gasteiger partial charge on any atom is 0.238 e. The van der Waals surface area contributed by atoms with E-state index in [2.05, 4.69) is 24.1 Å². The number of carbonyl (C=O) groups excluding carboxylic acids is 1. The average molecular weight is 289 g/mol. The van der Waals surface area contributed by atoms with Gasteiger partial charge in [-0.3, -0.25) is 9.69 Å². The summed E-state index contributed by atoms with van der Waals surface area (Å²) in [5.41, 5.74) is 8.34. The molecular weight excluding hydrogens is 262 g/mol. The van der Waals surface area contributed by atoms with E-state index in [1.165, 1.54) is 12.8 Å². The highest BCUT2D eigenvalue weighted by molar-refractivity contribution is 5.93. The quantitative estimate of drug-likeness (QED) is 0.759. The summed E-state index contributed by atoms with van der Waals surface area (Å²) < 4.78 is 0. The van der Waals surface area contributed by atoms with Gasteiger partial charge < -0.3 is 11.1 Å². The molecule has 0 bridgehead atoms. The first kappa shape index (κ1) is 15.8. The van der Waals surface area contributed by atoms with Crippen LogP contribution in [0, 0.1) is 12.8 Å². The zero-order valence-corrected chi connectivity index (χ0v) is 13.4. The van der Waals surface area contributed by atoms with E-state index in [1.54, 1.807) is 0 Å². The molecule has 4 nitrogen and oxygen atoms in total. The lowest BCUT2D eigenvalue weighted by Gasteiger charge is -2.22. The monoisotopic (exact) mass is 289 g/mol. The average Bonchev–Trinajstić information content (AvgIpc) is 3.24. The molecule has 0 atom stereocenters. The molecule has 0 radical (unpaired) electrons. The van der Waals surface area contributed by atoms with Gasteiger partial charge >= 0.3 is 0 Å². The Labute approximate surface area is 127 Å². The van der Waals surface area contributed by atoms with Crippen LogP contribution in [0.1, 0.15) is 38.7 Å². The second-order valence-corrected chi connectivity index (χ2v) is 6.45. The number of amides is 1. The Balaban J connectivity index is 1.91. The Bertz CT molecular complexity index is 495. The molecule has 4 heteroatoms. The van der Waals surface area contributed by atoms with Crippen LogP contribution >= 0.6 is 0 Å². The number of nitrogens with two attached hydrogens (primary N) is 1. The minimum absolute atomic E-state index is 0.0550. The van der Waals surface area contributed by atoms with Crippen LogP contribution in [0.3, 0.4) is 0 Å². The summed E-state index contributed by atoms with van der Waals surface area (Å²) in [7, 11) is 0. The van der Waals surface area contributed by atoms with Gasteiger partial charge in [0.1, 0.15) is 0 Å². The van der Waals surface area contributed by atoms with E-state index in [4.69, 9.17) is 5.73 Å². The lowest BCUT2D eigenvalue weighted by atomic mass is 10.1. The lowest BCUT2D eigenvalue weighted by Crippen LogP contribution is -2.36. The molecule has 3 N–H and O–H groups in total. The molecule has 1 aliphatic rings. The number of benzene rings is 1. The standard InChI is InChI=1S/C17H27N3O/c1-12(2)9-10-20(14-7-8-14)11-17(21)19-16-6-4-5-15(18)13(16)3/h4-6,12,14H,7-11,18H2,1-3H3,(H,19,21). The third-order valence-corrected chi connectivity index (χ3v) is 4.05. The molecule has 0 saturated heterocycles. The minimum atomic E-state index is 0.0550. The molecule has 1 aromatic carbocycles. The fraction of sp³-hybridized carbons (Fsp3) is 0.588. The van der Waals surface area contributed by atoms with E-state index in [9.17, 15) is 4.79 Å². The maximum atomic E-state index is 12.3. The summed E-state index contributed by atoms with van der Waals surface area (Å²) in [5, 5.41) is 2.99. The third kappa shape index (κ3) is 4.74. The van der Waals surface area contributed by atoms with Crippen LogP contribution in [-0.4, -0.2) is 29.9 Å². The SMILES string of the molecule is Cc1c(N)cccc1NC(=O)CN(CCC(C)C)C1CC1. The number of nitrogens with zero attached hydrogens (tertiary/aromatic N) is 1. The molecule has 1 aliphatic carbocycles. The van der Waals surface area contributed by atoms with Crippen molar-refractivity contribution >= 4 is 17.3 Å². The van der Waals surface area contributed by atoms with Crippen LogP contribution in [0.2, 0.25) is 0 Å². The molecular formula is C17H27N3O. The van der Waals surface area contributed by atoms with Crippen molar-refractivity contribution in [1.29, 1.82) is 0 Å². The summed E-state index contributed by atoms with van der Waals surface area (Å²) >= 11 is 0. The van der Waals surface area contributed by atoms with Crippen LogP contribution in [0.25, 0.3) is 0 Å². The summed E-state index contributed by atoms with van der Waals surface area (Å²) in [4.78, 5) is 14.6. The van der Waals surface area contributed by atoms with Gasteiger partial charge in [-0.1, -0.05) is 19.9 Å². The molecule has 0 heterocycles. The Morgan fingerprint density at radius 1 is 1.43 bits per heavy atom. The topological polar surface area (TPSA) is 58.4 Å². The smallest absolute Gasteiger partial charge is 0.238 e. The van der Waals surface area contributed by atoms with Crippen molar-refractivity contribution in [2.45, 2.75) is 46.1 Å². The number of carbonyl (C=O) groups is 1. The fourth-order valence-corrected chi connectivity index (χ4v) is 2.42. The van der Waals surface area contributed by atoms with E-state index in [0.717, 1.165) is 24.2 Å². The largest absolute Gasteiger partial charge is 0.398 e. The van der Waals surface area contributed by atoms with E-state index in [1.807, 2.05) is 25.1 Å². The Kier molecular flexibility index (Phi) is 5.23. The molecule has 1 fully saturated rings. The van der Waals surface area contributed by atoms with Gasteiger partial charge in [0.05, 0.1) is 6.54 Å². The highest BCUT2D eigenvalue weighted by Crippen LogP contribution is 2.27. The van der Waals surface area contributed by atoms with Crippen LogP contribution in [0.4, 0.5) is 11.4 Å². The van der Waals surface area contributed by atoms with Gasteiger partial charge in [0.2, 0.25) is 5.91 Å². The second kappa shape index (κ2) is 6.94. The number of rotatable bonds is 7. The second-order valence-electron chi connectivity index (χ2n) is 6.45. The summed E-state index contributed by atoms with van der Waals surface area (Å²) in [6, 6.07) is 6.23. The molecule has 1 saturated carbocycles. The number of nitrogen functional groups attached to an aromatic ring is 1. The van der Waals surface area contributed by atoms with Crippen molar-refractivity contribution < 1.29 is 4.79 Å². The van der Waals surface area contributed by atoms with Gasteiger partial charge in [-0.15, -0.1) is 0 Å². The molecule has 1 amide bonds. The molecule has 0 aromatic heterocycles. The molecule has 0 unspecified atom stereocenters. The van der Waals surface area contributed by atoms with Gasteiger partial charge in [0, 0.05) is 17.4 Å². The van der Waals surface area contributed by atoms with Crippen LogP contribution in [-0.2, 0) is 4.79 Å². The third-order valence-electron chi connectivity index (χ3n) is 4.05. The van der Waals surface area contributed by atoms with Crippen molar-refractivity contribution in [3.8, 4) is 0 Å². The zero-order valence-electron chi connectivity index (χ0n) is 13.4. The summed E-state index contributed by atoms with van der Waals surface area (Å²) in [6.45, 7) is 7.86. The van der Waals surface area contributed by atoms with E-state index < -0.39 is 0 Å². The number of hydrogen-bond donors (Lipinski definition) is 2. The Morgan fingerprint density at radius 2 is 2.14 bits per heavy atom. The Hall–Kier alpha value is -1.55. The first-order valence-corrected chi connectivity index (χ1v) is 7.86. The van der Waals surface area contributed by atoms with Crippen molar-refractivity contribution in [2.75, 3.05) is 24.1 Å². The molecule has 116 valence electrons. The summed E-state index contributed by atoms with van der Waals surface area (Å²) in [6.07, 6.45) is 3.59. The predicted octanol–water partition coefficient (Wildman–Crippen LogP) is 3.03. The van der Waals surface area contributed by atoms with Crippen LogP contribution < -0.4 is 11.1 Å². The van der Waals surface area contributed by atoms with Gasteiger partial charge in [0.25, 0.3) is 0 Å². The predicted molar refractivity (Wildman–Crippen MR) is 88.3 cm³/mol. The van der Waals surface area contributed by atoms with Gasteiger partial charge in [-0.05, 0) is 56.3 Å². The summed E-state index contributed by atoms with van der Waals surface area (Å²) in [5.74, 6) is 0.727. The van der Waals surface area contributed by atoms with Crippen molar-refractivity contribution in [1.82, 2.24) is 4.90 Å². The van der Waals surface area contributed by atoms with E-state index in [-0.39, 0.29) is 5.91 Å². The fourth-order valence-electron chi connectivity index (χ4n) is 2.42. The van der Waals surface area contributed by atoms with E-state index in [0.29, 0.717) is 24.2 Å². The molecule has 21 heavy (non-hydrogen) atoms. The highest BCUT2D eigenvalue weighted by atomic mass is 16.2. The molecule has 0 aliphatic heterocycles. The molecule has 1 aromatic rings. The molecule has 2 rings (SSSR count). The van der Waals surface area contributed by atoms with Crippen molar-refractivity contribution in [3.05, 3.63) is 23.8 Å². The van der Waals surface area contributed by atoms with Crippen molar-refractivity contribution in [3.63, 3.8) is 0 Å². The number of nitrogens with one attached hydrogen (secondary N) is 1.